The molecule has 28 heavy (non-hydrogen) atoms. The molecule has 0 bridgehead atoms. The number of hydrogen-bond donors (Lipinski definition) is 1. The quantitative estimate of drug-likeness (QED) is 0.621. The van der Waals surface area contributed by atoms with E-state index in [0.29, 0.717) is 0 Å². The fraction of sp³-hybridized carbons (Fsp3) is 0.760. The highest BCUT2D eigenvalue weighted by molar-refractivity contribution is 5.46. The van der Waals surface area contributed by atoms with Crippen molar-refractivity contribution in [2.75, 3.05) is 45.0 Å². The predicted molar refractivity (Wildman–Crippen MR) is 119 cm³/mol. The maximum Gasteiger partial charge on any atom is 0.0346 e. The van der Waals surface area contributed by atoms with Crippen molar-refractivity contribution in [1.82, 2.24) is 9.80 Å². The Balaban J connectivity index is 1.08. The zero-order valence-corrected chi connectivity index (χ0v) is 17.8. The third kappa shape index (κ3) is 5.73. The van der Waals surface area contributed by atoms with Gasteiger partial charge in [0.05, 0.1) is 0 Å². The molecule has 1 saturated carbocycles. The van der Waals surface area contributed by atoms with Crippen LogP contribution in [0.25, 0.3) is 0 Å². The number of benzene rings is 1. The minimum Gasteiger partial charge on any atom is -0.399 e. The van der Waals surface area contributed by atoms with Crippen LogP contribution in [0.5, 0.6) is 0 Å². The second-order valence-corrected chi connectivity index (χ2v) is 9.88. The Kier molecular flexibility index (Phi) is 7.31. The van der Waals surface area contributed by atoms with Crippen LogP contribution in [0.2, 0.25) is 0 Å². The van der Waals surface area contributed by atoms with E-state index in [1.54, 1.807) is 0 Å². The summed E-state index contributed by atoms with van der Waals surface area (Å²) in [5.74, 6) is 2.93. The number of para-hydroxylation sites is 1. The fourth-order valence-corrected chi connectivity index (χ4v) is 5.58. The summed E-state index contributed by atoms with van der Waals surface area (Å²) in [6.07, 6.45) is 14.0. The Morgan fingerprint density at radius 2 is 1.54 bits per heavy atom. The van der Waals surface area contributed by atoms with Gasteiger partial charge in [-0.15, -0.1) is 0 Å². The first kappa shape index (κ1) is 20.2. The van der Waals surface area contributed by atoms with Crippen LogP contribution in [0.4, 0.5) is 5.69 Å². The Morgan fingerprint density at radius 1 is 0.821 bits per heavy atom. The first-order chi connectivity index (χ1) is 13.8. The number of rotatable bonds is 9. The average molecular weight is 384 g/mol. The highest BCUT2D eigenvalue weighted by Gasteiger charge is 2.27. The molecule has 2 heterocycles. The molecular formula is C25H41N3. The first-order valence-electron chi connectivity index (χ1n) is 12.0. The summed E-state index contributed by atoms with van der Waals surface area (Å²) in [5.41, 5.74) is 8.38. The van der Waals surface area contributed by atoms with Crippen LogP contribution in [0.1, 0.15) is 63.4 Å². The van der Waals surface area contributed by atoms with Crippen LogP contribution in [0, 0.1) is 17.8 Å². The van der Waals surface area contributed by atoms with Gasteiger partial charge in [-0.25, -0.2) is 0 Å². The van der Waals surface area contributed by atoms with Crippen LogP contribution in [0.3, 0.4) is 0 Å². The molecule has 1 aromatic carbocycles. The molecule has 0 aromatic heterocycles. The van der Waals surface area contributed by atoms with Gasteiger partial charge in [-0.3, -0.25) is 0 Å². The number of nitrogens with zero attached hydrogens (tertiary/aromatic N) is 2. The van der Waals surface area contributed by atoms with E-state index in [9.17, 15) is 0 Å². The molecule has 3 fully saturated rings. The van der Waals surface area contributed by atoms with Gasteiger partial charge in [-0.1, -0.05) is 43.9 Å². The van der Waals surface area contributed by atoms with Crippen molar-refractivity contribution >= 4 is 5.69 Å². The van der Waals surface area contributed by atoms with Crippen LogP contribution in [-0.4, -0.2) is 49.1 Å². The Labute approximate surface area is 172 Å². The van der Waals surface area contributed by atoms with Crippen molar-refractivity contribution < 1.29 is 0 Å². The molecule has 1 atom stereocenters. The van der Waals surface area contributed by atoms with E-state index in [4.69, 9.17) is 5.73 Å². The summed E-state index contributed by atoms with van der Waals surface area (Å²) in [6, 6.07) is 8.37. The summed E-state index contributed by atoms with van der Waals surface area (Å²) in [4.78, 5) is 5.52. The predicted octanol–water partition coefficient (Wildman–Crippen LogP) is 4.82. The van der Waals surface area contributed by atoms with E-state index in [1.165, 1.54) is 103 Å². The standard InChI is InChI=1S/C25H41N3/c26-25-10-2-1-8-24(25)9-4-7-22-12-16-27(17-13-22)19-23-14-18-28(20-23)15-11-21-5-3-6-21/h1-2,8,10,21-23H,3-7,9,11-20,26H2/t23-/m0/s1. The molecule has 4 rings (SSSR count). The molecule has 1 aromatic rings. The van der Waals surface area contributed by atoms with Crippen molar-refractivity contribution in [2.45, 2.75) is 64.2 Å². The van der Waals surface area contributed by atoms with E-state index >= 15 is 0 Å². The second kappa shape index (κ2) is 10.1. The third-order valence-electron chi connectivity index (χ3n) is 7.79. The summed E-state index contributed by atoms with van der Waals surface area (Å²) in [5, 5.41) is 0. The topological polar surface area (TPSA) is 32.5 Å². The number of piperidine rings is 1. The van der Waals surface area contributed by atoms with Crippen molar-refractivity contribution in [2.24, 2.45) is 17.8 Å². The SMILES string of the molecule is Nc1ccccc1CCCC1CCN(C[C@@H]2CCN(CCC3CCC3)C2)CC1. The molecule has 156 valence electrons. The smallest absolute Gasteiger partial charge is 0.0346 e. The van der Waals surface area contributed by atoms with Gasteiger partial charge in [0, 0.05) is 18.8 Å². The van der Waals surface area contributed by atoms with Gasteiger partial charge in [0.1, 0.15) is 0 Å². The Bertz CT molecular complexity index is 589. The average Bonchev–Trinajstić information content (AvgIpc) is 3.11. The van der Waals surface area contributed by atoms with Crippen molar-refractivity contribution in [3.05, 3.63) is 29.8 Å². The van der Waals surface area contributed by atoms with E-state index in [1.807, 2.05) is 12.1 Å². The maximum atomic E-state index is 6.08. The minimum absolute atomic E-state index is 0.930. The lowest BCUT2D eigenvalue weighted by atomic mass is 9.83. The molecule has 2 N–H and O–H groups in total. The monoisotopic (exact) mass is 383 g/mol. The van der Waals surface area contributed by atoms with Crippen molar-refractivity contribution in [1.29, 1.82) is 0 Å². The van der Waals surface area contributed by atoms with E-state index in [0.717, 1.165) is 29.9 Å². The van der Waals surface area contributed by atoms with Crippen molar-refractivity contribution in [3.8, 4) is 0 Å². The van der Waals surface area contributed by atoms with Gasteiger partial charge in [0.2, 0.25) is 0 Å². The lowest BCUT2D eigenvalue weighted by Gasteiger charge is -2.33. The van der Waals surface area contributed by atoms with Crippen LogP contribution in [0.15, 0.2) is 24.3 Å². The van der Waals surface area contributed by atoms with Crippen LogP contribution in [-0.2, 0) is 6.42 Å². The highest BCUT2D eigenvalue weighted by atomic mass is 15.2. The largest absolute Gasteiger partial charge is 0.399 e. The summed E-state index contributed by atoms with van der Waals surface area (Å²) < 4.78 is 0. The number of aryl methyl sites for hydroxylation is 1. The molecule has 3 nitrogen and oxygen atoms in total. The summed E-state index contributed by atoms with van der Waals surface area (Å²) in [7, 11) is 0. The zero-order valence-electron chi connectivity index (χ0n) is 17.8. The number of nitrogen functional groups attached to an aromatic ring is 1. The molecule has 0 amide bonds. The first-order valence-corrected chi connectivity index (χ1v) is 12.0. The molecule has 0 radical (unpaired) electrons. The molecule has 0 spiro atoms. The summed E-state index contributed by atoms with van der Waals surface area (Å²) >= 11 is 0. The second-order valence-electron chi connectivity index (χ2n) is 9.88. The van der Waals surface area contributed by atoms with Gasteiger partial charge < -0.3 is 15.5 Å². The molecule has 2 saturated heterocycles. The van der Waals surface area contributed by atoms with Crippen LogP contribution >= 0.6 is 0 Å². The number of likely N-dealkylation sites (tertiary alicyclic amines) is 2. The number of nitrogens with two attached hydrogens (primary N) is 1. The third-order valence-corrected chi connectivity index (χ3v) is 7.79. The maximum absolute atomic E-state index is 6.08. The molecule has 3 aliphatic rings. The minimum atomic E-state index is 0.930. The van der Waals surface area contributed by atoms with E-state index in [-0.39, 0.29) is 0 Å². The zero-order chi connectivity index (χ0) is 19.2. The lowest BCUT2D eigenvalue weighted by molar-refractivity contribution is 0.154. The number of anilines is 1. The number of hydrogen-bond acceptors (Lipinski definition) is 3. The molecule has 0 unspecified atom stereocenters. The Morgan fingerprint density at radius 3 is 2.29 bits per heavy atom. The Hall–Kier alpha value is -1.06. The van der Waals surface area contributed by atoms with Crippen LogP contribution < -0.4 is 5.73 Å². The van der Waals surface area contributed by atoms with E-state index in [2.05, 4.69) is 21.9 Å². The highest BCUT2D eigenvalue weighted by Crippen LogP contribution is 2.30. The molecule has 3 heteroatoms. The normalized spacial score (nSPS) is 25.2. The fourth-order valence-electron chi connectivity index (χ4n) is 5.58. The molecule has 1 aliphatic carbocycles. The molecule has 2 aliphatic heterocycles. The van der Waals surface area contributed by atoms with Gasteiger partial charge in [-0.2, -0.15) is 0 Å². The van der Waals surface area contributed by atoms with Crippen molar-refractivity contribution in [3.63, 3.8) is 0 Å². The lowest BCUT2D eigenvalue weighted by Crippen LogP contribution is -2.38. The molecular weight excluding hydrogens is 342 g/mol. The van der Waals surface area contributed by atoms with Gasteiger partial charge in [0.15, 0.2) is 0 Å². The van der Waals surface area contributed by atoms with Gasteiger partial charge in [-0.05, 0) is 94.1 Å². The van der Waals surface area contributed by atoms with Gasteiger partial charge >= 0.3 is 0 Å². The van der Waals surface area contributed by atoms with Gasteiger partial charge in [0.25, 0.3) is 0 Å². The summed E-state index contributed by atoms with van der Waals surface area (Å²) in [6.45, 7) is 8.11. The van der Waals surface area contributed by atoms with E-state index < -0.39 is 0 Å².